The Morgan fingerprint density at radius 3 is 2.27 bits per heavy atom. The van der Waals surface area contributed by atoms with Crippen LogP contribution in [0.4, 0.5) is 0 Å². The van der Waals surface area contributed by atoms with E-state index in [9.17, 15) is 13.2 Å². The summed E-state index contributed by atoms with van der Waals surface area (Å²) in [5.74, 6) is 1.16. The highest BCUT2D eigenvalue weighted by Gasteiger charge is 2.32. The van der Waals surface area contributed by atoms with Gasteiger partial charge in [0.1, 0.15) is 11.5 Å². The average molecular weight is 465 g/mol. The number of rotatable bonds is 7. The Bertz CT molecular complexity index is 1190. The number of para-hydroxylation sites is 2. The van der Waals surface area contributed by atoms with Crippen molar-refractivity contribution in [2.75, 3.05) is 13.1 Å². The topological polar surface area (TPSA) is 75.7 Å². The number of sulfonamides is 1. The smallest absolute Gasteiger partial charge is 0.243 e. The molecule has 1 fully saturated rings. The molecular formula is C26H28N2O4S. The summed E-state index contributed by atoms with van der Waals surface area (Å²) in [5, 5.41) is 3.00. The largest absolute Gasteiger partial charge is 0.457 e. The van der Waals surface area contributed by atoms with Gasteiger partial charge in [-0.25, -0.2) is 8.42 Å². The van der Waals surface area contributed by atoms with Gasteiger partial charge in [-0.3, -0.25) is 4.79 Å². The zero-order valence-corrected chi connectivity index (χ0v) is 19.4. The van der Waals surface area contributed by atoms with Gasteiger partial charge in [-0.2, -0.15) is 4.31 Å². The van der Waals surface area contributed by atoms with E-state index < -0.39 is 10.0 Å². The number of hydrogen-bond acceptors (Lipinski definition) is 4. The number of piperidine rings is 1. The van der Waals surface area contributed by atoms with Crippen LogP contribution in [0.5, 0.6) is 11.5 Å². The molecule has 0 spiro atoms. The molecule has 0 saturated carbocycles. The first kappa shape index (κ1) is 23.0. The third kappa shape index (κ3) is 5.61. The Labute approximate surface area is 195 Å². The zero-order valence-electron chi connectivity index (χ0n) is 18.6. The van der Waals surface area contributed by atoms with E-state index in [1.54, 1.807) is 24.3 Å². The molecule has 4 rings (SSSR count). The van der Waals surface area contributed by atoms with E-state index in [0.717, 1.165) is 16.9 Å². The van der Waals surface area contributed by atoms with Crippen molar-refractivity contribution >= 4 is 15.9 Å². The summed E-state index contributed by atoms with van der Waals surface area (Å²) < 4.78 is 33.2. The first-order valence-corrected chi connectivity index (χ1v) is 12.5. The van der Waals surface area contributed by atoms with E-state index in [-0.39, 0.29) is 11.8 Å². The molecule has 1 heterocycles. The second-order valence-electron chi connectivity index (χ2n) is 8.23. The van der Waals surface area contributed by atoms with Crippen LogP contribution in [0.2, 0.25) is 0 Å². The number of nitrogens with zero attached hydrogens (tertiary/aromatic N) is 1. The molecule has 0 aliphatic carbocycles. The number of ether oxygens (including phenoxy) is 1. The number of nitrogens with one attached hydrogen (secondary N) is 1. The van der Waals surface area contributed by atoms with E-state index >= 15 is 0 Å². The van der Waals surface area contributed by atoms with Crippen molar-refractivity contribution in [1.29, 1.82) is 0 Å². The summed E-state index contributed by atoms with van der Waals surface area (Å²) in [4.78, 5) is 13.1. The lowest BCUT2D eigenvalue weighted by Gasteiger charge is -2.30. The number of carbonyl (C=O) groups is 1. The molecule has 0 aromatic heterocycles. The average Bonchev–Trinajstić information content (AvgIpc) is 2.84. The van der Waals surface area contributed by atoms with E-state index in [0.29, 0.717) is 43.1 Å². The fourth-order valence-corrected chi connectivity index (χ4v) is 5.38. The third-order valence-electron chi connectivity index (χ3n) is 5.88. The van der Waals surface area contributed by atoms with Gasteiger partial charge in [0.05, 0.1) is 4.90 Å². The SMILES string of the molecule is Cc1ccc(S(=O)(=O)N2CCC(C(=O)NCc3ccccc3Oc3ccccc3)CC2)cc1. The molecule has 0 unspecified atom stereocenters. The van der Waals surface area contributed by atoms with Gasteiger partial charge in [-0.1, -0.05) is 54.1 Å². The summed E-state index contributed by atoms with van der Waals surface area (Å²) in [6.07, 6.45) is 0.998. The lowest BCUT2D eigenvalue weighted by Crippen LogP contribution is -2.42. The summed E-state index contributed by atoms with van der Waals surface area (Å²) in [7, 11) is -3.53. The van der Waals surface area contributed by atoms with Crippen LogP contribution < -0.4 is 10.1 Å². The fourth-order valence-electron chi connectivity index (χ4n) is 3.91. The summed E-state index contributed by atoms with van der Waals surface area (Å²) in [6.45, 7) is 2.94. The number of amides is 1. The van der Waals surface area contributed by atoms with Crippen LogP contribution >= 0.6 is 0 Å². The maximum absolute atomic E-state index is 12.9. The van der Waals surface area contributed by atoms with Gasteiger partial charge in [-0.15, -0.1) is 0 Å². The number of carbonyl (C=O) groups excluding carboxylic acids is 1. The minimum absolute atomic E-state index is 0.0584. The molecule has 3 aromatic carbocycles. The third-order valence-corrected chi connectivity index (χ3v) is 7.79. The molecule has 1 aliphatic heterocycles. The molecular weight excluding hydrogens is 436 g/mol. The molecule has 0 bridgehead atoms. The molecule has 172 valence electrons. The molecule has 6 nitrogen and oxygen atoms in total. The van der Waals surface area contributed by atoms with Crippen LogP contribution in [0.25, 0.3) is 0 Å². The van der Waals surface area contributed by atoms with Gasteiger partial charge in [0.2, 0.25) is 15.9 Å². The van der Waals surface area contributed by atoms with Gasteiger partial charge in [-0.05, 0) is 50.1 Å². The van der Waals surface area contributed by atoms with E-state index in [1.165, 1.54) is 4.31 Å². The van der Waals surface area contributed by atoms with Gasteiger partial charge >= 0.3 is 0 Å². The van der Waals surface area contributed by atoms with Crippen molar-refractivity contribution in [3.8, 4) is 11.5 Å². The minimum Gasteiger partial charge on any atom is -0.457 e. The molecule has 0 radical (unpaired) electrons. The molecule has 1 saturated heterocycles. The molecule has 7 heteroatoms. The Balaban J connectivity index is 1.33. The fraction of sp³-hybridized carbons (Fsp3) is 0.269. The molecule has 1 aliphatic rings. The zero-order chi connectivity index (χ0) is 23.3. The molecule has 3 aromatic rings. The quantitative estimate of drug-likeness (QED) is 0.558. The molecule has 1 amide bonds. The predicted molar refractivity (Wildman–Crippen MR) is 127 cm³/mol. The Morgan fingerprint density at radius 2 is 1.58 bits per heavy atom. The van der Waals surface area contributed by atoms with Crippen LogP contribution in [0.1, 0.15) is 24.0 Å². The summed E-state index contributed by atoms with van der Waals surface area (Å²) in [5.41, 5.74) is 1.90. The van der Waals surface area contributed by atoms with Crippen LogP contribution in [-0.4, -0.2) is 31.7 Å². The lowest BCUT2D eigenvalue weighted by atomic mass is 9.97. The van der Waals surface area contributed by atoms with Crippen molar-refractivity contribution in [2.24, 2.45) is 5.92 Å². The Morgan fingerprint density at radius 1 is 0.939 bits per heavy atom. The van der Waals surface area contributed by atoms with Crippen molar-refractivity contribution in [2.45, 2.75) is 31.2 Å². The number of hydrogen-bond donors (Lipinski definition) is 1. The van der Waals surface area contributed by atoms with Crippen molar-refractivity contribution in [3.63, 3.8) is 0 Å². The van der Waals surface area contributed by atoms with Crippen molar-refractivity contribution < 1.29 is 17.9 Å². The highest BCUT2D eigenvalue weighted by atomic mass is 32.2. The second kappa shape index (κ2) is 10.2. The van der Waals surface area contributed by atoms with Crippen LogP contribution in [0.3, 0.4) is 0 Å². The monoisotopic (exact) mass is 464 g/mol. The van der Waals surface area contributed by atoms with E-state index in [2.05, 4.69) is 5.32 Å². The van der Waals surface area contributed by atoms with Gasteiger partial charge in [0.25, 0.3) is 0 Å². The maximum Gasteiger partial charge on any atom is 0.243 e. The first-order chi connectivity index (χ1) is 15.9. The standard InChI is InChI=1S/C26H28N2O4S/c1-20-11-13-24(14-12-20)33(30,31)28-17-15-21(16-18-28)26(29)27-19-22-7-5-6-10-25(22)32-23-8-3-2-4-9-23/h2-14,21H,15-19H2,1H3,(H,27,29). The second-order valence-corrected chi connectivity index (χ2v) is 10.2. The molecule has 0 atom stereocenters. The van der Waals surface area contributed by atoms with Gasteiger partial charge in [0.15, 0.2) is 0 Å². The van der Waals surface area contributed by atoms with E-state index in [1.807, 2.05) is 61.5 Å². The number of benzene rings is 3. The van der Waals surface area contributed by atoms with Gasteiger partial charge in [0, 0.05) is 31.1 Å². The van der Waals surface area contributed by atoms with E-state index in [4.69, 9.17) is 4.74 Å². The molecule has 1 N–H and O–H groups in total. The first-order valence-electron chi connectivity index (χ1n) is 11.1. The highest BCUT2D eigenvalue weighted by molar-refractivity contribution is 7.89. The Kier molecular flexibility index (Phi) is 7.11. The lowest BCUT2D eigenvalue weighted by molar-refractivity contribution is -0.126. The van der Waals surface area contributed by atoms with Crippen molar-refractivity contribution in [1.82, 2.24) is 9.62 Å². The summed E-state index contributed by atoms with van der Waals surface area (Å²) >= 11 is 0. The van der Waals surface area contributed by atoms with Gasteiger partial charge < -0.3 is 10.1 Å². The van der Waals surface area contributed by atoms with Crippen molar-refractivity contribution in [3.05, 3.63) is 90.0 Å². The predicted octanol–water partition coefficient (Wildman–Crippen LogP) is 4.50. The van der Waals surface area contributed by atoms with Crippen LogP contribution in [0.15, 0.2) is 83.8 Å². The molecule has 33 heavy (non-hydrogen) atoms. The minimum atomic E-state index is -3.53. The maximum atomic E-state index is 12.9. The normalized spacial score (nSPS) is 15.2. The number of aryl methyl sites for hydroxylation is 1. The highest BCUT2D eigenvalue weighted by Crippen LogP contribution is 2.26. The van der Waals surface area contributed by atoms with Crippen LogP contribution in [0, 0.1) is 12.8 Å². The van der Waals surface area contributed by atoms with Crippen LogP contribution in [-0.2, 0) is 21.4 Å². The summed E-state index contributed by atoms with van der Waals surface area (Å²) in [6, 6.07) is 24.0. The Hall–Kier alpha value is -3.16.